The highest BCUT2D eigenvalue weighted by Gasteiger charge is 2.31. The number of sulfonamides is 1. The van der Waals surface area contributed by atoms with Crippen molar-refractivity contribution in [2.75, 3.05) is 31.5 Å². The van der Waals surface area contributed by atoms with Gasteiger partial charge in [0.05, 0.1) is 25.4 Å². The van der Waals surface area contributed by atoms with Crippen molar-refractivity contribution in [2.45, 2.75) is 44.0 Å². The number of amides is 1. The van der Waals surface area contributed by atoms with Gasteiger partial charge < -0.3 is 19.3 Å². The molecule has 1 aliphatic rings. The highest BCUT2D eigenvalue weighted by Crippen LogP contribution is 2.30. The Hall–Kier alpha value is -4.19. The number of nitrogens with one attached hydrogen (secondary N) is 1. The number of hydrogen-bond donors (Lipinski definition) is 2. The monoisotopic (exact) mass is 631 g/mol. The van der Waals surface area contributed by atoms with Gasteiger partial charge in [0.15, 0.2) is 5.03 Å². The number of aromatic nitrogens is 2. The lowest BCUT2D eigenvalue weighted by atomic mass is 10.0. The van der Waals surface area contributed by atoms with Crippen molar-refractivity contribution < 1.29 is 23.1 Å². The van der Waals surface area contributed by atoms with Crippen LogP contribution in [0.25, 0.3) is 11.1 Å². The van der Waals surface area contributed by atoms with Crippen LogP contribution in [0.2, 0.25) is 0 Å². The number of ether oxygens (including phenoxy) is 1. The Morgan fingerprint density at radius 2 is 1.80 bits per heavy atom. The van der Waals surface area contributed by atoms with Gasteiger partial charge in [-0.15, -0.1) is 0 Å². The topological polar surface area (TPSA) is 117 Å². The Labute approximate surface area is 265 Å². The molecule has 1 aromatic heterocycles. The number of benzene rings is 3. The second-order valence-electron chi connectivity index (χ2n) is 12.0. The fourth-order valence-electron chi connectivity index (χ4n) is 5.56. The summed E-state index contributed by atoms with van der Waals surface area (Å²) in [7, 11) is -0.187. The molecule has 0 radical (unpaired) electrons. The standard InChI is InChI=1S/C34H41N5O5S/c1-24-18-39(25(2)22-40)34(41)17-29-16-30(36-45(42,43)33-21-38(4)23-35-33)14-15-31(29)44-32(24)20-37(3)19-26-10-12-28(13-11-26)27-8-6-5-7-9-27/h5-16,21,23-25,32,36,40H,17-20,22H2,1-4H3/t24-,25-,32-/m0/s1. The number of rotatable bonds is 10. The Bertz CT molecular complexity index is 1710. The van der Waals surface area contributed by atoms with Crippen LogP contribution in [0, 0.1) is 5.92 Å². The van der Waals surface area contributed by atoms with Crippen LogP contribution in [0.5, 0.6) is 5.75 Å². The van der Waals surface area contributed by atoms with Crippen molar-refractivity contribution in [1.82, 2.24) is 19.4 Å². The van der Waals surface area contributed by atoms with E-state index in [4.69, 9.17) is 4.74 Å². The average Bonchev–Trinajstić information content (AvgIpc) is 3.49. The summed E-state index contributed by atoms with van der Waals surface area (Å²) in [5.41, 5.74) is 4.37. The number of nitrogens with zero attached hydrogens (tertiary/aromatic N) is 4. The first-order valence-corrected chi connectivity index (χ1v) is 16.5. The number of aryl methyl sites for hydroxylation is 1. The maximum atomic E-state index is 13.5. The zero-order valence-corrected chi connectivity index (χ0v) is 26.9. The van der Waals surface area contributed by atoms with Gasteiger partial charge >= 0.3 is 0 Å². The average molecular weight is 632 g/mol. The van der Waals surface area contributed by atoms with E-state index in [1.54, 1.807) is 34.7 Å². The predicted octanol–water partition coefficient (Wildman–Crippen LogP) is 4.17. The summed E-state index contributed by atoms with van der Waals surface area (Å²) >= 11 is 0. The maximum Gasteiger partial charge on any atom is 0.280 e. The van der Waals surface area contributed by atoms with Crippen molar-refractivity contribution >= 4 is 21.6 Å². The predicted molar refractivity (Wildman–Crippen MR) is 174 cm³/mol. The number of hydrogen-bond acceptors (Lipinski definition) is 7. The van der Waals surface area contributed by atoms with Gasteiger partial charge in [0.25, 0.3) is 10.0 Å². The van der Waals surface area contributed by atoms with Gasteiger partial charge in [0.1, 0.15) is 11.9 Å². The molecule has 1 aliphatic heterocycles. The molecule has 0 spiro atoms. The Morgan fingerprint density at radius 1 is 1.09 bits per heavy atom. The van der Waals surface area contributed by atoms with Crippen LogP contribution in [-0.4, -0.2) is 77.7 Å². The minimum atomic E-state index is -3.93. The second-order valence-corrected chi connectivity index (χ2v) is 13.6. The zero-order valence-electron chi connectivity index (χ0n) is 26.1. The van der Waals surface area contributed by atoms with E-state index in [0.29, 0.717) is 36.6 Å². The first-order valence-electron chi connectivity index (χ1n) is 15.1. The Kier molecular flexibility index (Phi) is 9.91. The summed E-state index contributed by atoms with van der Waals surface area (Å²) in [6.07, 6.45) is 2.55. The van der Waals surface area contributed by atoms with Gasteiger partial charge in [-0.25, -0.2) is 4.98 Å². The van der Waals surface area contributed by atoms with Crippen LogP contribution in [0.4, 0.5) is 5.69 Å². The summed E-state index contributed by atoms with van der Waals surface area (Å²) in [5.74, 6) is 0.310. The van der Waals surface area contributed by atoms with Gasteiger partial charge in [0.2, 0.25) is 5.91 Å². The minimum absolute atomic E-state index is 0.00186. The normalized spacial score (nSPS) is 18.0. The number of carbonyl (C=O) groups excluding carboxylic acids is 1. The first kappa shape index (κ1) is 32.2. The lowest BCUT2D eigenvalue weighted by Crippen LogP contribution is -2.47. The smallest absolute Gasteiger partial charge is 0.280 e. The van der Waals surface area contributed by atoms with Crippen LogP contribution < -0.4 is 9.46 Å². The van der Waals surface area contributed by atoms with E-state index in [-0.39, 0.29) is 42.0 Å². The third-order valence-electron chi connectivity index (χ3n) is 8.13. The van der Waals surface area contributed by atoms with Crippen molar-refractivity contribution in [3.8, 4) is 16.9 Å². The lowest BCUT2D eigenvalue weighted by molar-refractivity contribution is -0.134. The fourth-order valence-corrected chi connectivity index (χ4v) is 6.60. The number of aliphatic hydroxyl groups is 1. The number of aliphatic hydroxyl groups excluding tert-OH is 1. The van der Waals surface area contributed by atoms with Crippen LogP contribution in [-0.2, 0) is 34.8 Å². The third kappa shape index (κ3) is 7.91. The first-order chi connectivity index (χ1) is 21.5. The van der Waals surface area contributed by atoms with Gasteiger partial charge in [-0.2, -0.15) is 8.42 Å². The summed E-state index contributed by atoms with van der Waals surface area (Å²) in [5, 5.41) is 9.85. The molecule has 3 atom stereocenters. The quantitative estimate of drug-likeness (QED) is 0.270. The van der Waals surface area contributed by atoms with Crippen LogP contribution >= 0.6 is 0 Å². The molecule has 0 bridgehead atoms. The van der Waals surface area contributed by atoms with Gasteiger partial charge in [-0.05, 0) is 48.9 Å². The molecule has 238 valence electrons. The summed E-state index contributed by atoms with van der Waals surface area (Å²) in [4.78, 5) is 21.4. The molecule has 3 aromatic carbocycles. The van der Waals surface area contributed by atoms with E-state index in [9.17, 15) is 18.3 Å². The summed E-state index contributed by atoms with van der Waals surface area (Å²) < 4.78 is 36.6. The van der Waals surface area contributed by atoms with Crippen molar-refractivity contribution in [2.24, 2.45) is 13.0 Å². The molecular weight excluding hydrogens is 590 g/mol. The molecule has 5 rings (SSSR count). The molecule has 0 fully saturated rings. The van der Waals surface area contributed by atoms with Gasteiger partial charge in [-0.1, -0.05) is 61.5 Å². The molecule has 0 unspecified atom stereocenters. The molecule has 0 aliphatic carbocycles. The van der Waals surface area contributed by atoms with E-state index in [0.717, 1.165) is 5.56 Å². The van der Waals surface area contributed by atoms with Crippen LogP contribution in [0.1, 0.15) is 25.0 Å². The van der Waals surface area contributed by atoms with Gasteiger partial charge in [0, 0.05) is 50.0 Å². The molecule has 1 amide bonds. The molecule has 11 heteroatoms. The maximum absolute atomic E-state index is 13.5. The number of likely N-dealkylation sites (N-methyl/N-ethyl adjacent to an activating group) is 1. The highest BCUT2D eigenvalue weighted by molar-refractivity contribution is 7.92. The van der Waals surface area contributed by atoms with Crippen molar-refractivity contribution in [1.29, 1.82) is 0 Å². The van der Waals surface area contributed by atoms with Crippen molar-refractivity contribution in [3.63, 3.8) is 0 Å². The molecular formula is C34H41N5O5S. The third-order valence-corrected chi connectivity index (χ3v) is 9.40. The summed E-state index contributed by atoms with van der Waals surface area (Å²) in [6, 6.07) is 23.4. The van der Waals surface area contributed by atoms with E-state index in [1.807, 2.05) is 32.2 Å². The van der Waals surface area contributed by atoms with Gasteiger partial charge in [-0.3, -0.25) is 14.4 Å². The largest absolute Gasteiger partial charge is 0.488 e. The number of carbonyl (C=O) groups is 1. The van der Waals surface area contributed by atoms with E-state index < -0.39 is 10.0 Å². The second kappa shape index (κ2) is 13.8. The number of fused-ring (bicyclic) bond motifs is 1. The number of anilines is 1. The minimum Gasteiger partial charge on any atom is -0.488 e. The lowest BCUT2D eigenvalue weighted by Gasteiger charge is -2.34. The van der Waals surface area contributed by atoms with E-state index in [1.165, 1.54) is 23.7 Å². The molecule has 4 aromatic rings. The van der Waals surface area contributed by atoms with E-state index in [2.05, 4.69) is 57.9 Å². The fraction of sp³-hybridized carbons (Fsp3) is 0.353. The SMILES string of the molecule is C[C@H]1CN([C@@H](C)CO)C(=O)Cc2cc(NS(=O)(=O)c3cn(C)cn3)ccc2O[C@H]1CN(C)Cc1ccc(-c2ccccc2)cc1. The number of imidazole rings is 1. The molecule has 2 N–H and O–H groups in total. The van der Waals surface area contributed by atoms with Crippen LogP contribution in [0.15, 0.2) is 90.3 Å². The molecule has 10 nitrogen and oxygen atoms in total. The van der Waals surface area contributed by atoms with Crippen molar-refractivity contribution in [3.05, 3.63) is 96.4 Å². The Balaban J connectivity index is 1.37. The Morgan fingerprint density at radius 3 is 2.47 bits per heavy atom. The zero-order chi connectivity index (χ0) is 32.1. The summed E-state index contributed by atoms with van der Waals surface area (Å²) in [6.45, 7) is 5.42. The molecule has 45 heavy (non-hydrogen) atoms. The molecule has 0 saturated carbocycles. The van der Waals surface area contributed by atoms with Crippen LogP contribution in [0.3, 0.4) is 0 Å². The molecule has 0 saturated heterocycles. The molecule has 2 heterocycles. The van der Waals surface area contributed by atoms with E-state index >= 15 is 0 Å². The highest BCUT2D eigenvalue weighted by atomic mass is 32.2.